The highest BCUT2D eigenvalue weighted by Gasteiger charge is 2.22. The number of amides is 2. The molecule has 0 bridgehead atoms. The molecule has 0 spiro atoms. The number of hydrogen-bond donors (Lipinski definition) is 4. The summed E-state index contributed by atoms with van der Waals surface area (Å²) in [5.74, 6) is -0.191. The summed E-state index contributed by atoms with van der Waals surface area (Å²) in [4.78, 5) is 22.4. The molecule has 0 aromatic heterocycles. The lowest BCUT2D eigenvalue weighted by molar-refractivity contribution is -0.126. The molecule has 2 unspecified atom stereocenters. The van der Waals surface area contributed by atoms with E-state index in [1.165, 1.54) is 0 Å². The third kappa shape index (κ3) is 4.59. The molecule has 0 aromatic rings. The van der Waals surface area contributed by atoms with Gasteiger partial charge in [0.2, 0.25) is 11.8 Å². The number of aliphatic hydroxyl groups excluding tert-OH is 1. The Morgan fingerprint density at radius 1 is 1.69 bits per heavy atom. The fourth-order valence-corrected chi connectivity index (χ4v) is 1.48. The molecular weight excluding hydrogens is 210 g/mol. The number of nitrogens with one attached hydrogen (secondary N) is 3. The summed E-state index contributed by atoms with van der Waals surface area (Å²) in [6.45, 7) is 2.79. The molecular formula is C10H19N3O3. The van der Waals surface area contributed by atoms with Crippen molar-refractivity contribution in [3.05, 3.63) is 0 Å². The van der Waals surface area contributed by atoms with E-state index in [0.717, 1.165) is 6.42 Å². The zero-order chi connectivity index (χ0) is 12.0. The number of aliphatic hydroxyl groups is 1. The van der Waals surface area contributed by atoms with Crippen LogP contribution in [0, 0.1) is 0 Å². The Morgan fingerprint density at radius 3 is 3.00 bits per heavy atom. The van der Waals surface area contributed by atoms with Crippen LogP contribution in [0.2, 0.25) is 0 Å². The Bertz CT molecular complexity index is 246. The van der Waals surface area contributed by atoms with Gasteiger partial charge in [0.1, 0.15) is 6.04 Å². The van der Waals surface area contributed by atoms with Crippen LogP contribution in [0.5, 0.6) is 0 Å². The molecule has 2 amide bonds. The minimum atomic E-state index is -0.343. The van der Waals surface area contributed by atoms with Crippen molar-refractivity contribution in [2.45, 2.75) is 31.9 Å². The first-order valence-corrected chi connectivity index (χ1v) is 5.55. The lowest BCUT2D eigenvalue weighted by Crippen LogP contribution is -2.58. The lowest BCUT2D eigenvalue weighted by atomic mass is 10.2. The predicted octanol–water partition coefficient (Wildman–Crippen LogP) is -1.65. The molecule has 2 atom stereocenters. The minimum absolute atomic E-state index is 0.0850. The highest BCUT2D eigenvalue weighted by Crippen LogP contribution is 1.94. The molecule has 0 aromatic carbocycles. The van der Waals surface area contributed by atoms with Crippen molar-refractivity contribution in [3.8, 4) is 0 Å². The van der Waals surface area contributed by atoms with Crippen LogP contribution in [-0.2, 0) is 9.59 Å². The third-order valence-corrected chi connectivity index (χ3v) is 2.43. The Kier molecular flexibility index (Phi) is 5.21. The fourth-order valence-electron chi connectivity index (χ4n) is 1.48. The average molecular weight is 229 g/mol. The summed E-state index contributed by atoms with van der Waals surface area (Å²) in [5, 5.41) is 17.2. The molecule has 1 aliphatic rings. The first-order chi connectivity index (χ1) is 7.59. The van der Waals surface area contributed by atoms with Crippen LogP contribution in [0.3, 0.4) is 0 Å². The van der Waals surface area contributed by atoms with Gasteiger partial charge >= 0.3 is 0 Å². The van der Waals surface area contributed by atoms with Crippen LogP contribution in [0.15, 0.2) is 0 Å². The van der Waals surface area contributed by atoms with Gasteiger partial charge in [-0.3, -0.25) is 14.9 Å². The van der Waals surface area contributed by atoms with Crippen LogP contribution in [-0.4, -0.2) is 48.7 Å². The summed E-state index contributed by atoms with van der Waals surface area (Å²) >= 11 is 0. The second kappa shape index (κ2) is 6.44. The van der Waals surface area contributed by atoms with Crippen LogP contribution >= 0.6 is 0 Å². The zero-order valence-electron chi connectivity index (χ0n) is 9.45. The van der Waals surface area contributed by atoms with E-state index in [9.17, 15) is 9.59 Å². The molecule has 1 aliphatic heterocycles. The van der Waals surface area contributed by atoms with Gasteiger partial charge in [0.25, 0.3) is 0 Å². The van der Waals surface area contributed by atoms with Crippen molar-refractivity contribution >= 4 is 11.8 Å². The summed E-state index contributed by atoms with van der Waals surface area (Å²) < 4.78 is 0. The van der Waals surface area contributed by atoms with Crippen molar-refractivity contribution in [2.24, 2.45) is 0 Å². The van der Waals surface area contributed by atoms with Gasteiger partial charge in [-0.05, 0) is 19.8 Å². The number of hydrogen-bond acceptors (Lipinski definition) is 4. The molecule has 16 heavy (non-hydrogen) atoms. The fraction of sp³-hybridized carbons (Fsp3) is 0.800. The number of rotatable bonds is 5. The molecule has 6 nitrogen and oxygen atoms in total. The second-order valence-corrected chi connectivity index (χ2v) is 4.02. The van der Waals surface area contributed by atoms with Gasteiger partial charge in [-0.1, -0.05) is 0 Å². The van der Waals surface area contributed by atoms with E-state index >= 15 is 0 Å². The molecule has 1 rings (SSSR count). The Balaban J connectivity index is 2.12. The van der Waals surface area contributed by atoms with Crippen molar-refractivity contribution < 1.29 is 14.7 Å². The largest absolute Gasteiger partial charge is 0.393 e. The second-order valence-electron chi connectivity index (χ2n) is 4.02. The van der Waals surface area contributed by atoms with Gasteiger partial charge in [0, 0.05) is 13.1 Å². The maximum Gasteiger partial charge on any atom is 0.238 e. The number of carbonyl (C=O) groups excluding carboxylic acids is 2. The molecule has 4 N–H and O–H groups in total. The lowest BCUT2D eigenvalue weighted by Gasteiger charge is -2.23. The van der Waals surface area contributed by atoms with Crippen molar-refractivity contribution in [2.75, 3.05) is 19.6 Å². The van der Waals surface area contributed by atoms with Crippen LogP contribution < -0.4 is 16.0 Å². The predicted molar refractivity (Wildman–Crippen MR) is 58.7 cm³/mol. The molecule has 0 radical (unpaired) electrons. The molecule has 92 valence electrons. The van der Waals surface area contributed by atoms with Gasteiger partial charge in [0.05, 0.1) is 12.6 Å². The van der Waals surface area contributed by atoms with E-state index in [-0.39, 0.29) is 30.5 Å². The van der Waals surface area contributed by atoms with Gasteiger partial charge in [0.15, 0.2) is 0 Å². The van der Waals surface area contributed by atoms with E-state index in [1.807, 2.05) is 0 Å². The summed E-state index contributed by atoms with van der Waals surface area (Å²) in [6, 6.07) is -0.343. The smallest absolute Gasteiger partial charge is 0.238 e. The molecule has 0 aliphatic carbocycles. The zero-order valence-corrected chi connectivity index (χ0v) is 9.45. The Hall–Kier alpha value is -1.14. The standard InChI is InChI=1S/C10H19N3O3/c1-7(14)3-2-4-11-10(16)8-5-13-9(15)6-12-8/h7-8,12,14H,2-6H2,1H3,(H,11,16)(H,13,15). The molecule has 0 saturated carbocycles. The van der Waals surface area contributed by atoms with Crippen LogP contribution in [0.25, 0.3) is 0 Å². The van der Waals surface area contributed by atoms with E-state index in [4.69, 9.17) is 5.11 Å². The highest BCUT2D eigenvalue weighted by atomic mass is 16.3. The van der Waals surface area contributed by atoms with Crippen molar-refractivity contribution in [1.82, 2.24) is 16.0 Å². The number of carbonyl (C=O) groups is 2. The first-order valence-electron chi connectivity index (χ1n) is 5.55. The highest BCUT2D eigenvalue weighted by molar-refractivity contribution is 5.86. The Morgan fingerprint density at radius 2 is 2.44 bits per heavy atom. The SMILES string of the molecule is CC(O)CCCNC(=O)C1CNC(=O)CN1. The van der Waals surface area contributed by atoms with Crippen molar-refractivity contribution in [3.63, 3.8) is 0 Å². The van der Waals surface area contributed by atoms with Gasteiger partial charge in [-0.2, -0.15) is 0 Å². The summed E-state index contributed by atoms with van der Waals surface area (Å²) in [5.41, 5.74) is 0. The van der Waals surface area contributed by atoms with Crippen molar-refractivity contribution in [1.29, 1.82) is 0 Å². The molecule has 1 heterocycles. The molecule has 1 fully saturated rings. The maximum atomic E-state index is 11.6. The van der Waals surface area contributed by atoms with E-state index in [2.05, 4.69) is 16.0 Å². The normalized spacial score (nSPS) is 22.4. The van der Waals surface area contributed by atoms with E-state index in [1.54, 1.807) is 6.92 Å². The summed E-state index contributed by atoms with van der Waals surface area (Å²) in [6.07, 6.45) is 1.10. The molecule has 6 heteroatoms. The van der Waals surface area contributed by atoms with Crippen LogP contribution in [0.4, 0.5) is 0 Å². The van der Waals surface area contributed by atoms with E-state index < -0.39 is 0 Å². The summed E-state index contributed by atoms with van der Waals surface area (Å²) in [7, 11) is 0. The van der Waals surface area contributed by atoms with E-state index in [0.29, 0.717) is 19.5 Å². The third-order valence-electron chi connectivity index (χ3n) is 2.43. The average Bonchev–Trinajstić information content (AvgIpc) is 2.25. The topological polar surface area (TPSA) is 90.5 Å². The minimum Gasteiger partial charge on any atom is -0.393 e. The number of piperazine rings is 1. The molecule has 1 saturated heterocycles. The monoisotopic (exact) mass is 229 g/mol. The van der Waals surface area contributed by atoms with Gasteiger partial charge in [-0.15, -0.1) is 0 Å². The van der Waals surface area contributed by atoms with Gasteiger partial charge < -0.3 is 15.7 Å². The maximum absolute atomic E-state index is 11.6. The quantitative estimate of drug-likeness (QED) is 0.425. The van der Waals surface area contributed by atoms with Crippen LogP contribution in [0.1, 0.15) is 19.8 Å². The Labute approximate surface area is 94.8 Å². The first kappa shape index (κ1) is 12.9. The van der Waals surface area contributed by atoms with Gasteiger partial charge in [-0.25, -0.2) is 0 Å².